The number of aromatic nitrogens is 4. The minimum atomic E-state index is 0.507. The van der Waals surface area contributed by atoms with Gasteiger partial charge in [0.25, 0.3) is 0 Å². The fourth-order valence-corrected chi connectivity index (χ4v) is 1.85. The van der Waals surface area contributed by atoms with Crippen LogP contribution in [0.4, 0.5) is 5.69 Å². The van der Waals surface area contributed by atoms with Crippen molar-refractivity contribution in [3.63, 3.8) is 0 Å². The molecule has 1 unspecified atom stereocenters. The van der Waals surface area contributed by atoms with Crippen LogP contribution in [0.1, 0.15) is 20.3 Å². The average Bonchev–Trinajstić information content (AvgIpc) is 2.80. The van der Waals surface area contributed by atoms with Gasteiger partial charge in [-0.3, -0.25) is 0 Å². The molecule has 0 aliphatic rings. The second-order valence-electron chi connectivity index (χ2n) is 4.40. The van der Waals surface area contributed by atoms with Crippen molar-refractivity contribution in [2.45, 2.75) is 26.8 Å². The van der Waals surface area contributed by atoms with Gasteiger partial charge in [0.2, 0.25) is 0 Å². The van der Waals surface area contributed by atoms with Gasteiger partial charge in [0.15, 0.2) is 5.82 Å². The summed E-state index contributed by atoms with van der Waals surface area (Å²) in [6, 6.07) is 5.47. The van der Waals surface area contributed by atoms with Crippen molar-refractivity contribution in [3.05, 3.63) is 23.2 Å². The molecule has 2 rings (SSSR count). The van der Waals surface area contributed by atoms with Crippen molar-refractivity contribution in [2.24, 2.45) is 5.92 Å². The maximum Gasteiger partial charge on any atom is 0.184 e. The van der Waals surface area contributed by atoms with Gasteiger partial charge in [0.1, 0.15) is 0 Å². The molecule has 96 valence electrons. The maximum absolute atomic E-state index is 6.01. The number of para-hydroxylation sites is 1. The molecule has 1 heterocycles. The van der Waals surface area contributed by atoms with Crippen molar-refractivity contribution in [1.82, 2.24) is 20.2 Å². The lowest BCUT2D eigenvalue weighted by Crippen LogP contribution is -2.10. The topological polar surface area (TPSA) is 69.6 Å². The van der Waals surface area contributed by atoms with Crippen LogP contribution >= 0.6 is 11.6 Å². The van der Waals surface area contributed by atoms with E-state index in [2.05, 4.69) is 29.4 Å². The third kappa shape index (κ3) is 2.46. The number of anilines is 1. The Morgan fingerprint density at radius 3 is 2.94 bits per heavy atom. The van der Waals surface area contributed by atoms with Gasteiger partial charge < -0.3 is 5.73 Å². The van der Waals surface area contributed by atoms with Crippen LogP contribution in [-0.2, 0) is 6.54 Å². The second kappa shape index (κ2) is 5.35. The highest BCUT2D eigenvalue weighted by Gasteiger charge is 2.14. The Bertz CT molecular complexity index is 537. The molecule has 0 aliphatic carbocycles. The molecule has 0 saturated heterocycles. The predicted octanol–water partition coefficient (Wildman–Crippen LogP) is 2.62. The van der Waals surface area contributed by atoms with Crippen molar-refractivity contribution in [3.8, 4) is 11.4 Å². The highest BCUT2D eigenvalue weighted by Crippen LogP contribution is 2.29. The molecule has 0 bridgehead atoms. The Hall–Kier alpha value is -1.62. The minimum Gasteiger partial charge on any atom is -0.397 e. The Balaban J connectivity index is 2.39. The van der Waals surface area contributed by atoms with Crippen molar-refractivity contribution in [2.75, 3.05) is 5.73 Å². The molecule has 1 atom stereocenters. The zero-order chi connectivity index (χ0) is 13.1. The number of hydrogen-bond acceptors (Lipinski definition) is 4. The molecule has 0 spiro atoms. The van der Waals surface area contributed by atoms with Crippen LogP contribution < -0.4 is 5.73 Å². The Morgan fingerprint density at radius 2 is 2.22 bits per heavy atom. The molecule has 0 fully saturated rings. The zero-order valence-corrected chi connectivity index (χ0v) is 11.2. The van der Waals surface area contributed by atoms with E-state index in [1.54, 1.807) is 10.7 Å². The molecule has 1 aromatic carbocycles. The summed E-state index contributed by atoms with van der Waals surface area (Å²) in [5, 5.41) is 12.3. The van der Waals surface area contributed by atoms with E-state index in [1.807, 2.05) is 12.1 Å². The molecule has 2 N–H and O–H groups in total. The van der Waals surface area contributed by atoms with Gasteiger partial charge >= 0.3 is 0 Å². The van der Waals surface area contributed by atoms with Gasteiger partial charge in [0, 0.05) is 12.1 Å². The molecular weight excluding hydrogens is 250 g/mol. The van der Waals surface area contributed by atoms with E-state index < -0.39 is 0 Å². The summed E-state index contributed by atoms with van der Waals surface area (Å²) >= 11 is 6.01. The summed E-state index contributed by atoms with van der Waals surface area (Å²) in [6.45, 7) is 5.07. The molecule has 0 amide bonds. The number of rotatable bonds is 4. The molecule has 6 heteroatoms. The third-order valence-electron chi connectivity index (χ3n) is 3.01. The standard InChI is InChI=1S/C12H16ClN5/c1-3-8(2)7-18-12(15-16-17-18)9-5-4-6-10(13)11(9)14/h4-6,8H,3,7,14H2,1-2H3. The van der Waals surface area contributed by atoms with E-state index in [9.17, 15) is 0 Å². The van der Waals surface area contributed by atoms with Crippen LogP contribution in [-0.4, -0.2) is 20.2 Å². The van der Waals surface area contributed by atoms with E-state index in [0.717, 1.165) is 18.5 Å². The maximum atomic E-state index is 6.01. The Labute approximate surface area is 111 Å². The molecule has 0 saturated carbocycles. The molecule has 1 aromatic heterocycles. The SMILES string of the molecule is CCC(C)Cn1nnnc1-c1cccc(Cl)c1N. The van der Waals surface area contributed by atoms with Crippen molar-refractivity contribution >= 4 is 17.3 Å². The van der Waals surface area contributed by atoms with Crippen LogP contribution in [0, 0.1) is 5.92 Å². The van der Waals surface area contributed by atoms with Crippen LogP contribution in [0.2, 0.25) is 5.02 Å². The number of halogens is 1. The fourth-order valence-electron chi connectivity index (χ4n) is 1.68. The van der Waals surface area contributed by atoms with Gasteiger partial charge in [-0.25, -0.2) is 4.68 Å². The first-order valence-corrected chi connectivity index (χ1v) is 6.31. The molecule has 0 radical (unpaired) electrons. The van der Waals surface area contributed by atoms with Gasteiger partial charge in [0.05, 0.1) is 10.7 Å². The van der Waals surface area contributed by atoms with Crippen LogP contribution in [0.25, 0.3) is 11.4 Å². The quantitative estimate of drug-likeness (QED) is 0.863. The Morgan fingerprint density at radius 1 is 1.44 bits per heavy atom. The van der Waals surface area contributed by atoms with Crippen molar-refractivity contribution < 1.29 is 0 Å². The molecule has 18 heavy (non-hydrogen) atoms. The minimum absolute atomic E-state index is 0.507. The number of nitrogens with two attached hydrogens (primary N) is 1. The smallest absolute Gasteiger partial charge is 0.184 e. The monoisotopic (exact) mass is 265 g/mol. The fraction of sp³-hybridized carbons (Fsp3) is 0.417. The van der Waals surface area contributed by atoms with Gasteiger partial charge in [-0.2, -0.15) is 0 Å². The number of hydrogen-bond donors (Lipinski definition) is 1. The first kappa shape index (κ1) is 12.8. The number of nitrogens with zero attached hydrogens (tertiary/aromatic N) is 4. The van der Waals surface area contributed by atoms with Gasteiger partial charge in [-0.05, 0) is 28.5 Å². The number of nitrogen functional groups attached to an aromatic ring is 1. The van der Waals surface area contributed by atoms with Crippen LogP contribution in [0.3, 0.4) is 0 Å². The summed E-state index contributed by atoms with van der Waals surface area (Å²) in [4.78, 5) is 0. The first-order valence-electron chi connectivity index (χ1n) is 5.94. The highest BCUT2D eigenvalue weighted by molar-refractivity contribution is 6.33. The average molecular weight is 266 g/mol. The molecule has 0 aliphatic heterocycles. The van der Waals surface area contributed by atoms with E-state index in [-0.39, 0.29) is 0 Å². The summed E-state index contributed by atoms with van der Waals surface area (Å²) < 4.78 is 1.77. The summed E-state index contributed by atoms with van der Waals surface area (Å²) in [6.07, 6.45) is 1.07. The zero-order valence-electron chi connectivity index (χ0n) is 10.5. The van der Waals surface area contributed by atoms with E-state index in [0.29, 0.717) is 22.5 Å². The summed E-state index contributed by atoms with van der Waals surface area (Å²) in [7, 11) is 0. The third-order valence-corrected chi connectivity index (χ3v) is 3.34. The van der Waals surface area contributed by atoms with Crippen molar-refractivity contribution in [1.29, 1.82) is 0 Å². The molecule has 5 nitrogen and oxygen atoms in total. The molecular formula is C12H16ClN5. The number of tetrazole rings is 1. The van der Waals surface area contributed by atoms with Crippen LogP contribution in [0.15, 0.2) is 18.2 Å². The first-order chi connectivity index (χ1) is 8.63. The lowest BCUT2D eigenvalue weighted by atomic mass is 10.1. The van der Waals surface area contributed by atoms with Gasteiger partial charge in [-0.15, -0.1) is 5.10 Å². The predicted molar refractivity (Wildman–Crippen MR) is 72.1 cm³/mol. The summed E-state index contributed by atoms with van der Waals surface area (Å²) in [5.74, 6) is 1.17. The molecule has 2 aromatic rings. The lowest BCUT2D eigenvalue weighted by molar-refractivity contribution is 0.434. The Kier molecular flexibility index (Phi) is 3.81. The largest absolute Gasteiger partial charge is 0.397 e. The van der Waals surface area contributed by atoms with Crippen LogP contribution in [0.5, 0.6) is 0 Å². The normalized spacial score (nSPS) is 12.6. The summed E-state index contributed by atoms with van der Waals surface area (Å²) in [5.41, 5.74) is 7.25. The second-order valence-corrected chi connectivity index (χ2v) is 4.81. The van der Waals surface area contributed by atoms with E-state index in [1.165, 1.54) is 0 Å². The van der Waals surface area contributed by atoms with Gasteiger partial charge in [-0.1, -0.05) is 37.9 Å². The van der Waals surface area contributed by atoms with E-state index >= 15 is 0 Å². The highest BCUT2D eigenvalue weighted by atomic mass is 35.5. The lowest BCUT2D eigenvalue weighted by Gasteiger charge is -2.11. The number of benzene rings is 1. The van der Waals surface area contributed by atoms with E-state index in [4.69, 9.17) is 17.3 Å².